The van der Waals surface area contributed by atoms with Crippen LogP contribution in [0.4, 0.5) is 0 Å². The first-order valence-corrected chi connectivity index (χ1v) is 10.7. The van der Waals surface area contributed by atoms with Crippen LogP contribution in [-0.4, -0.2) is 27.3 Å². The Kier molecular flexibility index (Phi) is 7.73. The minimum Gasteiger partial charge on any atom is -0.313 e. The van der Waals surface area contributed by atoms with Gasteiger partial charge in [-0.1, -0.05) is 46.0 Å². The Labute approximate surface area is 134 Å². The molecule has 0 aromatic rings. The van der Waals surface area contributed by atoms with Crippen molar-refractivity contribution in [3.05, 3.63) is 0 Å². The van der Waals surface area contributed by atoms with Crippen LogP contribution < -0.4 is 5.32 Å². The maximum absolute atomic E-state index is 13.1. The van der Waals surface area contributed by atoms with Gasteiger partial charge in [-0.3, -0.25) is 4.21 Å². The molecule has 21 heavy (non-hydrogen) atoms. The average Bonchev–Trinajstić information content (AvgIpc) is 2.54. The van der Waals surface area contributed by atoms with E-state index in [-0.39, 0.29) is 0 Å². The second-order valence-corrected chi connectivity index (χ2v) is 9.08. The van der Waals surface area contributed by atoms with Gasteiger partial charge in [0.05, 0.1) is 5.25 Å². The summed E-state index contributed by atoms with van der Waals surface area (Å²) in [5.74, 6) is 0.826. The molecule has 0 heterocycles. The quantitative estimate of drug-likeness (QED) is 0.754. The van der Waals surface area contributed by atoms with E-state index in [9.17, 15) is 4.21 Å². The smallest absolute Gasteiger partial charge is 0.0506 e. The van der Waals surface area contributed by atoms with Gasteiger partial charge in [0.1, 0.15) is 0 Å². The SMILES string of the molecule is CCCNC1CCC(CCC)CC1S(=O)C1CCCCC1. The third-order valence-electron chi connectivity index (χ3n) is 5.43. The lowest BCUT2D eigenvalue weighted by Crippen LogP contribution is -2.48. The predicted molar refractivity (Wildman–Crippen MR) is 93.1 cm³/mol. The highest BCUT2D eigenvalue weighted by atomic mass is 32.2. The Balaban J connectivity index is 1.98. The zero-order chi connectivity index (χ0) is 15.1. The van der Waals surface area contributed by atoms with E-state index in [1.807, 2.05) is 0 Å². The first-order chi connectivity index (χ1) is 10.3. The van der Waals surface area contributed by atoms with E-state index in [4.69, 9.17) is 0 Å². The maximum atomic E-state index is 13.1. The van der Waals surface area contributed by atoms with Crippen molar-refractivity contribution in [3.8, 4) is 0 Å². The first kappa shape index (κ1) is 17.5. The number of hydrogen-bond donors (Lipinski definition) is 1. The van der Waals surface area contributed by atoms with Crippen molar-refractivity contribution in [2.75, 3.05) is 6.54 Å². The molecule has 0 amide bonds. The Bertz CT molecular complexity index is 314. The van der Waals surface area contributed by atoms with E-state index in [2.05, 4.69) is 19.2 Å². The van der Waals surface area contributed by atoms with E-state index in [1.165, 1.54) is 70.6 Å². The van der Waals surface area contributed by atoms with Gasteiger partial charge in [0, 0.05) is 22.1 Å². The molecule has 0 aromatic carbocycles. The molecule has 2 fully saturated rings. The van der Waals surface area contributed by atoms with Crippen LogP contribution in [0.3, 0.4) is 0 Å². The van der Waals surface area contributed by atoms with Crippen molar-refractivity contribution in [2.24, 2.45) is 5.92 Å². The third kappa shape index (κ3) is 5.06. The fourth-order valence-electron chi connectivity index (χ4n) is 4.25. The lowest BCUT2D eigenvalue weighted by molar-refractivity contribution is 0.282. The van der Waals surface area contributed by atoms with Gasteiger partial charge in [0.15, 0.2) is 0 Å². The monoisotopic (exact) mass is 313 g/mol. The Morgan fingerprint density at radius 3 is 2.43 bits per heavy atom. The highest BCUT2D eigenvalue weighted by Crippen LogP contribution is 2.34. The van der Waals surface area contributed by atoms with Crippen LogP contribution in [0.5, 0.6) is 0 Å². The van der Waals surface area contributed by atoms with Crippen molar-refractivity contribution < 1.29 is 4.21 Å². The fourth-order valence-corrected chi connectivity index (χ4v) is 6.56. The van der Waals surface area contributed by atoms with Gasteiger partial charge in [-0.05, 0) is 51.0 Å². The molecule has 2 saturated carbocycles. The van der Waals surface area contributed by atoms with Crippen LogP contribution in [0.2, 0.25) is 0 Å². The largest absolute Gasteiger partial charge is 0.313 e. The molecule has 2 nitrogen and oxygen atoms in total. The van der Waals surface area contributed by atoms with Gasteiger partial charge >= 0.3 is 0 Å². The maximum Gasteiger partial charge on any atom is 0.0506 e. The zero-order valence-electron chi connectivity index (χ0n) is 14.1. The van der Waals surface area contributed by atoms with Crippen molar-refractivity contribution >= 4 is 10.8 Å². The summed E-state index contributed by atoms with van der Waals surface area (Å²) in [6.45, 7) is 5.60. The summed E-state index contributed by atoms with van der Waals surface area (Å²) < 4.78 is 13.1. The number of hydrogen-bond acceptors (Lipinski definition) is 2. The van der Waals surface area contributed by atoms with Gasteiger partial charge in [-0.15, -0.1) is 0 Å². The van der Waals surface area contributed by atoms with E-state index >= 15 is 0 Å². The van der Waals surface area contributed by atoms with Crippen LogP contribution >= 0.6 is 0 Å². The van der Waals surface area contributed by atoms with Gasteiger partial charge in [0.25, 0.3) is 0 Å². The summed E-state index contributed by atoms with van der Waals surface area (Å²) in [5.41, 5.74) is 0. The zero-order valence-corrected chi connectivity index (χ0v) is 14.9. The molecule has 2 aliphatic rings. The van der Waals surface area contributed by atoms with Crippen molar-refractivity contribution in [3.63, 3.8) is 0 Å². The van der Waals surface area contributed by atoms with Crippen LogP contribution in [0, 0.1) is 5.92 Å². The second kappa shape index (κ2) is 9.29. The number of nitrogens with one attached hydrogen (secondary N) is 1. The summed E-state index contributed by atoms with van der Waals surface area (Å²) in [5, 5.41) is 4.63. The summed E-state index contributed by atoms with van der Waals surface area (Å²) >= 11 is 0. The molecule has 0 aromatic heterocycles. The molecule has 2 aliphatic carbocycles. The van der Waals surface area contributed by atoms with Crippen LogP contribution in [0.15, 0.2) is 0 Å². The topological polar surface area (TPSA) is 29.1 Å². The average molecular weight is 314 g/mol. The second-order valence-electron chi connectivity index (χ2n) is 7.16. The molecule has 0 radical (unpaired) electrons. The number of rotatable bonds is 7. The van der Waals surface area contributed by atoms with Gasteiger partial charge < -0.3 is 5.32 Å². The minimum absolute atomic E-state index is 0.421. The van der Waals surface area contributed by atoms with Crippen molar-refractivity contribution in [2.45, 2.75) is 101 Å². The van der Waals surface area contributed by atoms with E-state index < -0.39 is 10.8 Å². The van der Waals surface area contributed by atoms with Crippen molar-refractivity contribution in [1.82, 2.24) is 5.32 Å². The summed E-state index contributed by atoms with van der Waals surface area (Å²) in [6.07, 6.45) is 14.0. The molecule has 0 aliphatic heterocycles. The third-order valence-corrected chi connectivity index (χ3v) is 7.68. The predicted octanol–water partition coefficient (Wildman–Crippen LogP) is 4.40. The summed E-state index contributed by atoms with van der Waals surface area (Å²) in [4.78, 5) is 0. The molecule has 1 N–H and O–H groups in total. The first-order valence-electron chi connectivity index (χ1n) is 9.39. The highest BCUT2D eigenvalue weighted by molar-refractivity contribution is 7.86. The van der Waals surface area contributed by atoms with E-state index in [1.54, 1.807) is 0 Å². The van der Waals surface area contributed by atoms with Crippen LogP contribution in [0.1, 0.15) is 84.5 Å². The molecule has 3 heteroatoms. The Morgan fingerprint density at radius 1 is 1.00 bits per heavy atom. The molecule has 4 unspecified atom stereocenters. The van der Waals surface area contributed by atoms with Crippen LogP contribution in [-0.2, 0) is 10.8 Å². The highest BCUT2D eigenvalue weighted by Gasteiger charge is 2.36. The van der Waals surface area contributed by atoms with Gasteiger partial charge in [0.2, 0.25) is 0 Å². The lowest BCUT2D eigenvalue weighted by Gasteiger charge is -2.38. The van der Waals surface area contributed by atoms with Crippen LogP contribution in [0.25, 0.3) is 0 Å². The molecular formula is C18H35NOS. The van der Waals surface area contributed by atoms with Crippen molar-refractivity contribution in [1.29, 1.82) is 0 Å². The fraction of sp³-hybridized carbons (Fsp3) is 1.00. The molecule has 0 spiro atoms. The van der Waals surface area contributed by atoms with Gasteiger partial charge in [-0.25, -0.2) is 0 Å². The lowest BCUT2D eigenvalue weighted by atomic mass is 9.83. The Hall–Kier alpha value is 0.110. The van der Waals surface area contributed by atoms with E-state index in [0.717, 1.165) is 12.5 Å². The molecule has 4 atom stereocenters. The van der Waals surface area contributed by atoms with Gasteiger partial charge in [-0.2, -0.15) is 0 Å². The molecule has 0 bridgehead atoms. The normalized spacial score (nSPS) is 33.0. The van der Waals surface area contributed by atoms with E-state index in [0.29, 0.717) is 16.5 Å². The summed E-state index contributed by atoms with van der Waals surface area (Å²) in [7, 11) is -0.613. The minimum atomic E-state index is -0.613. The standard InChI is InChI=1S/C18H35NOS/c1-3-8-15-11-12-17(19-13-4-2)18(14-15)21(20)16-9-6-5-7-10-16/h15-19H,3-14H2,1-2H3. The molecule has 2 rings (SSSR count). The Morgan fingerprint density at radius 2 is 1.76 bits per heavy atom. The molecule has 0 saturated heterocycles. The molecular weight excluding hydrogens is 278 g/mol. The molecule has 124 valence electrons. The summed E-state index contributed by atoms with van der Waals surface area (Å²) in [6, 6.07) is 0.515.